The third-order valence-corrected chi connectivity index (χ3v) is 7.59. The van der Waals surface area contributed by atoms with E-state index < -0.39 is 47.5 Å². The Labute approximate surface area is 197 Å². The Balaban J connectivity index is 2.20. The lowest BCUT2D eigenvalue weighted by atomic mass is 9.67. The number of aliphatic hydroxyl groups is 3. The molecule has 5 atom stereocenters. The molecule has 4 N–H and O–H groups in total. The van der Waals surface area contributed by atoms with Gasteiger partial charge in [0.1, 0.15) is 6.61 Å². The highest BCUT2D eigenvalue weighted by molar-refractivity contribution is 5.73. The summed E-state index contributed by atoms with van der Waals surface area (Å²) >= 11 is 0. The van der Waals surface area contributed by atoms with Crippen LogP contribution in [0.15, 0.2) is 23.3 Å². The van der Waals surface area contributed by atoms with Crippen LogP contribution in [0.4, 0.5) is 0 Å². The minimum absolute atomic E-state index is 0.0123. The molecule has 0 amide bonds. The van der Waals surface area contributed by atoms with E-state index in [1.807, 2.05) is 13.8 Å². The summed E-state index contributed by atoms with van der Waals surface area (Å²) in [6.07, 6.45) is 7.14. The van der Waals surface area contributed by atoms with Gasteiger partial charge in [0.2, 0.25) is 0 Å². The van der Waals surface area contributed by atoms with Crippen molar-refractivity contribution in [3.63, 3.8) is 0 Å². The fourth-order valence-electron chi connectivity index (χ4n) is 5.59. The van der Waals surface area contributed by atoms with Crippen molar-refractivity contribution in [3.05, 3.63) is 23.3 Å². The van der Waals surface area contributed by atoms with Crippen molar-refractivity contribution in [2.45, 2.75) is 103 Å². The summed E-state index contributed by atoms with van der Waals surface area (Å²) in [5.74, 6) is -1.62. The molecule has 1 saturated carbocycles. The lowest BCUT2D eigenvalue weighted by Crippen LogP contribution is -2.42. The molecule has 33 heavy (non-hydrogen) atoms. The Hall–Kier alpha value is -1.70. The lowest BCUT2D eigenvalue weighted by Gasteiger charge is -2.40. The summed E-state index contributed by atoms with van der Waals surface area (Å²) in [4.78, 5) is 23.1. The fraction of sp³-hybridized carbons (Fsp3) is 0.769. The average molecular weight is 467 g/mol. The number of aliphatic carboxylic acids is 1. The van der Waals surface area contributed by atoms with Gasteiger partial charge in [-0.15, -0.1) is 0 Å². The second kappa shape index (κ2) is 10.7. The highest BCUT2D eigenvalue weighted by Crippen LogP contribution is 2.55. The molecule has 0 spiro atoms. The molecule has 2 aliphatic carbocycles. The predicted octanol–water partition coefficient (Wildman–Crippen LogP) is 3.76. The Morgan fingerprint density at radius 2 is 1.82 bits per heavy atom. The summed E-state index contributed by atoms with van der Waals surface area (Å²) in [6.45, 7) is 9.18. The van der Waals surface area contributed by atoms with E-state index in [0.717, 1.165) is 37.7 Å². The smallest absolute Gasteiger partial charge is 0.309 e. The molecule has 0 saturated heterocycles. The highest BCUT2D eigenvalue weighted by atomic mass is 16.5. The van der Waals surface area contributed by atoms with Gasteiger partial charge in [-0.2, -0.15) is 0 Å². The number of carboxylic acid groups (broad SMARTS) is 1. The zero-order valence-corrected chi connectivity index (χ0v) is 20.8. The van der Waals surface area contributed by atoms with Gasteiger partial charge in [0.15, 0.2) is 0 Å². The van der Waals surface area contributed by atoms with E-state index in [1.165, 1.54) is 12.5 Å². The monoisotopic (exact) mass is 466 g/mol. The molecular formula is C26H42O7. The van der Waals surface area contributed by atoms with E-state index in [9.17, 15) is 24.9 Å². The van der Waals surface area contributed by atoms with E-state index in [1.54, 1.807) is 6.08 Å². The van der Waals surface area contributed by atoms with Crippen molar-refractivity contribution in [1.82, 2.24) is 0 Å². The van der Waals surface area contributed by atoms with Gasteiger partial charge >= 0.3 is 11.9 Å². The zero-order chi connectivity index (χ0) is 25.0. The molecule has 0 heterocycles. The molecular weight excluding hydrogens is 424 g/mol. The number of hydrogen-bond acceptors (Lipinski definition) is 6. The number of allylic oxidation sites excluding steroid dienone is 2. The lowest BCUT2D eigenvalue weighted by molar-refractivity contribution is -0.151. The first-order valence-electron chi connectivity index (χ1n) is 12.0. The minimum Gasteiger partial charge on any atom is -0.481 e. The van der Waals surface area contributed by atoms with Crippen molar-refractivity contribution in [1.29, 1.82) is 0 Å². The Morgan fingerprint density at radius 1 is 1.15 bits per heavy atom. The number of hydrogen-bond donors (Lipinski definition) is 4. The number of carbonyl (C=O) groups excluding carboxylic acids is 1. The first-order valence-corrected chi connectivity index (χ1v) is 12.0. The molecule has 0 aromatic rings. The first-order chi connectivity index (χ1) is 15.1. The van der Waals surface area contributed by atoms with Gasteiger partial charge in [0, 0.05) is 5.41 Å². The molecule has 0 radical (unpaired) electrons. The molecule has 0 aromatic carbocycles. The third-order valence-electron chi connectivity index (χ3n) is 7.59. The van der Waals surface area contributed by atoms with Gasteiger partial charge in [0.05, 0.1) is 30.1 Å². The van der Waals surface area contributed by atoms with E-state index >= 15 is 0 Å². The molecule has 1 fully saturated rings. The summed E-state index contributed by atoms with van der Waals surface area (Å²) in [5, 5.41) is 41.1. The third kappa shape index (κ3) is 7.66. The van der Waals surface area contributed by atoms with Crippen molar-refractivity contribution in [2.75, 3.05) is 6.61 Å². The molecule has 0 unspecified atom stereocenters. The first kappa shape index (κ1) is 27.5. The summed E-state index contributed by atoms with van der Waals surface area (Å²) < 4.78 is 5.36. The van der Waals surface area contributed by atoms with Crippen LogP contribution >= 0.6 is 0 Å². The average Bonchev–Trinajstić information content (AvgIpc) is 2.99. The maximum Gasteiger partial charge on any atom is 0.309 e. The molecule has 0 aromatic heterocycles. The molecule has 2 rings (SSSR count). The highest BCUT2D eigenvalue weighted by Gasteiger charge is 2.52. The van der Waals surface area contributed by atoms with E-state index in [2.05, 4.69) is 19.9 Å². The van der Waals surface area contributed by atoms with Crippen LogP contribution in [0, 0.1) is 17.3 Å². The molecule has 0 bridgehead atoms. The van der Waals surface area contributed by atoms with Crippen LogP contribution in [0.1, 0.15) is 86.0 Å². The van der Waals surface area contributed by atoms with Gasteiger partial charge in [-0.3, -0.25) is 9.59 Å². The van der Waals surface area contributed by atoms with Crippen LogP contribution < -0.4 is 0 Å². The fourth-order valence-corrected chi connectivity index (χ4v) is 5.59. The van der Waals surface area contributed by atoms with E-state index in [-0.39, 0.29) is 18.4 Å². The van der Waals surface area contributed by atoms with Crippen LogP contribution in [0.3, 0.4) is 0 Å². The summed E-state index contributed by atoms with van der Waals surface area (Å²) in [6, 6.07) is 0. The van der Waals surface area contributed by atoms with Crippen molar-refractivity contribution in [3.8, 4) is 0 Å². The van der Waals surface area contributed by atoms with Crippen molar-refractivity contribution < 1.29 is 34.8 Å². The number of aliphatic hydroxyl groups excluding tert-OH is 1. The molecule has 188 valence electrons. The topological polar surface area (TPSA) is 124 Å². The number of carbonyl (C=O) groups is 2. The van der Waals surface area contributed by atoms with Crippen molar-refractivity contribution in [2.24, 2.45) is 17.3 Å². The molecule has 7 heteroatoms. The maximum absolute atomic E-state index is 12.2. The number of rotatable bonds is 7. The number of fused-ring (bicyclic) bond motifs is 1. The number of esters is 1. The second-order valence-electron chi connectivity index (χ2n) is 11.2. The number of ether oxygens (including phenoxy) is 1. The van der Waals surface area contributed by atoms with Crippen LogP contribution in [0.25, 0.3) is 0 Å². The zero-order valence-electron chi connectivity index (χ0n) is 20.8. The van der Waals surface area contributed by atoms with Crippen LogP contribution in [-0.4, -0.2) is 56.3 Å². The standard InChI is InChI=1S/C26H42O7/c1-17-7-6-8-18(16-33-23(30)15-25(4,32)14-22(28)29)13-21(27)26(5)12-11-19(24(2,3)31)20(26)10-9-17/h7,13,19-21,27,31-32H,6,8-12,14-16H2,1-5H3,(H,28,29)/b17-7+,18-13-/t19-,20+,21+,25-,26+/m1/s1. The van der Waals surface area contributed by atoms with Gasteiger partial charge in [-0.25, -0.2) is 0 Å². The van der Waals surface area contributed by atoms with Gasteiger partial charge in [-0.1, -0.05) is 24.6 Å². The van der Waals surface area contributed by atoms with E-state index in [0.29, 0.717) is 6.42 Å². The number of carboxylic acids is 1. The molecule has 0 aliphatic heterocycles. The summed E-state index contributed by atoms with van der Waals surface area (Å²) in [5.41, 5.74) is -0.825. The Morgan fingerprint density at radius 3 is 2.42 bits per heavy atom. The SMILES string of the molecule is C/C1=C\CC/C(COC(=O)C[C@](C)(O)CC(=O)O)=C/[C@H](O)[C@@]2(C)CC[C@@H](C(C)(C)O)[C@@H]2CC1. The largest absolute Gasteiger partial charge is 0.481 e. The Kier molecular flexibility index (Phi) is 8.93. The van der Waals surface area contributed by atoms with Gasteiger partial charge in [0.25, 0.3) is 0 Å². The van der Waals surface area contributed by atoms with Crippen molar-refractivity contribution >= 4 is 11.9 Å². The Bertz CT molecular complexity index is 774. The van der Waals surface area contributed by atoms with E-state index in [4.69, 9.17) is 9.84 Å². The van der Waals surface area contributed by atoms with Gasteiger partial charge in [-0.05, 0) is 83.6 Å². The molecule has 2 aliphatic rings. The maximum atomic E-state index is 12.2. The second-order valence-corrected chi connectivity index (χ2v) is 11.2. The predicted molar refractivity (Wildman–Crippen MR) is 125 cm³/mol. The van der Waals surface area contributed by atoms with Crippen LogP contribution in [-0.2, 0) is 14.3 Å². The van der Waals surface area contributed by atoms with Crippen LogP contribution in [0.2, 0.25) is 0 Å². The normalized spacial score (nSPS) is 34.0. The quantitative estimate of drug-likeness (QED) is 0.333. The molecule has 7 nitrogen and oxygen atoms in total. The van der Waals surface area contributed by atoms with Crippen LogP contribution in [0.5, 0.6) is 0 Å². The van der Waals surface area contributed by atoms with Gasteiger partial charge < -0.3 is 25.2 Å². The minimum atomic E-state index is -1.68. The summed E-state index contributed by atoms with van der Waals surface area (Å²) in [7, 11) is 0.